The summed E-state index contributed by atoms with van der Waals surface area (Å²) < 4.78 is 4.79. The largest absolute Gasteiger partial charge is 0.465 e. The quantitative estimate of drug-likeness (QED) is 0.846. The fourth-order valence-electron chi connectivity index (χ4n) is 3.01. The van der Waals surface area contributed by atoms with Crippen LogP contribution in [0, 0.1) is 0 Å². The number of nitrogens with zero attached hydrogens (tertiary/aromatic N) is 1. The maximum Gasteiger partial charge on any atom is 0.337 e. The van der Waals surface area contributed by atoms with Crippen LogP contribution < -0.4 is 5.32 Å². The molecule has 0 saturated carbocycles. The van der Waals surface area contributed by atoms with Crippen LogP contribution in [-0.2, 0) is 11.3 Å². The van der Waals surface area contributed by atoms with Gasteiger partial charge in [0.1, 0.15) is 0 Å². The number of carbonyl (C=O) groups excluding carboxylic acids is 1. The van der Waals surface area contributed by atoms with E-state index in [2.05, 4.69) is 23.2 Å². The van der Waals surface area contributed by atoms with Crippen molar-refractivity contribution in [2.24, 2.45) is 0 Å². The molecule has 0 amide bonds. The molecule has 1 fully saturated rings. The number of benzene rings is 1. The minimum absolute atomic E-state index is 0.265. The van der Waals surface area contributed by atoms with Gasteiger partial charge in [-0.3, -0.25) is 4.90 Å². The highest BCUT2D eigenvalue weighted by atomic mass is 16.5. The van der Waals surface area contributed by atoms with Gasteiger partial charge in [-0.1, -0.05) is 19.1 Å². The number of hydrogen-bond donors (Lipinski definition) is 1. The first-order valence-electron chi connectivity index (χ1n) is 7.86. The van der Waals surface area contributed by atoms with Crippen molar-refractivity contribution in [1.29, 1.82) is 0 Å². The molecule has 0 aromatic heterocycles. The van der Waals surface area contributed by atoms with E-state index in [4.69, 9.17) is 4.74 Å². The third kappa shape index (κ3) is 4.55. The first-order valence-corrected chi connectivity index (χ1v) is 7.86. The summed E-state index contributed by atoms with van der Waals surface area (Å²) in [6, 6.07) is 8.41. The molecule has 1 heterocycles. The number of ether oxygens (including phenoxy) is 1. The predicted octanol–water partition coefficient (Wildman–Crippen LogP) is 2.44. The number of nitrogens with one attached hydrogen (secondary N) is 1. The Hall–Kier alpha value is -1.39. The molecule has 4 nitrogen and oxygen atoms in total. The summed E-state index contributed by atoms with van der Waals surface area (Å²) in [5.74, 6) is -0.265. The van der Waals surface area contributed by atoms with Gasteiger partial charge >= 0.3 is 5.97 Å². The second kappa shape index (κ2) is 8.15. The van der Waals surface area contributed by atoms with E-state index < -0.39 is 0 Å². The van der Waals surface area contributed by atoms with Crippen molar-refractivity contribution in [3.8, 4) is 0 Å². The van der Waals surface area contributed by atoms with E-state index in [9.17, 15) is 4.79 Å². The maximum absolute atomic E-state index is 11.6. The van der Waals surface area contributed by atoms with Crippen molar-refractivity contribution in [2.45, 2.75) is 38.8 Å². The lowest BCUT2D eigenvalue weighted by atomic mass is 10.1. The van der Waals surface area contributed by atoms with Gasteiger partial charge < -0.3 is 10.1 Å². The summed E-state index contributed by atoms with van der Waals surface area (Å²) in [6.45, 7) is 6.37. The molecule has 21 heavy (non-hydrogen) atoms. The van der Waals surface area contributed by atoms with Crippen molar-refractivity contribution < 1.29 is 9.53 Å². The van der Waals surface area contributed by atoms with Crippen molar-refractivity contribution in [3.05, 3.63) is 35.4 Å². The van der Waals surface area contributed by atoms with E-state index in [1.807, 2.05) is 12.1 Å². The first kappa shape index (κ1) is 16.0. The van der Waals surface area contributed by atoms with Gasteiger partial charge in [0.25, 0.3) is 0 Å². The molecule has 1 atom stereocenters. The molecule has 1 aliphatic rings. The Morgan fingerprint density at radius 2 is 2.24 bits per heavy atom. The molecule has 0 aliphatic carbocycles. The van der Waals surface area contributed by atoms with E-state index in [1.165, 1.54) is 31.9 Å². The van der Waals surface area contributed by atoms with Crippen LogP contribution in [0.1, 0.15) is 42.1 Å². The molecule has 0 radical (unpaired) electrons. The lowest BCUT2D eigenvalue weighted by Gasteiger charge is -2.30. The number of hydrogen-bond acceptors (Lipinski definition) is 4. The third-order valence-corrected chi connectivity index (χ3v) is 4.20. The molecule has 1 unspecified atom stereocenters. The van der Waals surface area contributed by atoms with Gasteiger partial charge in [-0.2, -0.15) is 0 Å². The number of esters is 1. The fraction of sp³-hybridized carbons (Fsp3) is 0.588. The van der Waals surface area contributed by atoms with Gasteiger partial charge in [0.2, 0.25) is 0 Å². The Kier molecular flexibility index (Phi) is 6.21. The molecule has 0 spiro atoms. The zero-order valence-corrected chi connectivity index (χ0v) is 13.1. The van der Waals surface area contributed by atoms with E-state index in [-0.39, 0.29) is 5.97 Å². The highest BCUT2D eigenvalue weighted by molar-refractivity contribution is 5.89. The zero-order valence-electron chi connectivity index (χ0n) is 13.1. The van der Waals surface area contributed by atoms with Gasteiger partial charge in [0.15, 0.2) is 0 Å². The van der Waals surface area contributed by atoms with Crippen LogP contribution in [0.15, 0.2) is 24.3 Å². The topological polar surface area (TPSA) is 41.6 Å². The van der Waals surface area contributed by atoms with Crippen molar-refractivity contribution in [1.82, 2.24) is 10.2 Å². The Morgan fingerprint density at radius 1 is 1.38 bits per heavy atom. The summed E-state index contributed by atoms with van der Waals surface area (Å²) in [4.78, 5) is 14.1. The summed E-state index contributed by atoms with van der Waals surface area (Å²) >= 11 is 0. The minimum Gasteiger partial charge on any atom is -0.465 e. The zero-order chi connectivity index (χ0) is 15.1. The normalized spacial score (nSPS) is 19.3. The first-order chi connectivity index (χ1) is 10.2. The van der Waals surface area contributed by atoms with E-state index in [0.29, 0.717) is 11.6 Å². The summed E-state index contributed by atoms with van der Waals surface area (Å²) in [7, 11) is 1.42. The van der Waals surface area contributed by atoms with E-state index in [0.717, 1.165) is 26.2 Å². The molecule has 1 aromatic rings. The molecule has 1 N–H and O–H groups in total. The minimum atomic E-state index is -0.265. The van der Waals surface area contributed by atoms with Gasteiger partial charge in [0.05, 0.1) is 12.7 Å². The summed E-state index contributed by atoms with van der Waals surface area (Å²) in [5, 5.41) is 3.46. The standard InChI is InChI=1S/C17H26N2O2/c1-3-19(16-8-5-10-18-11-9-16)13-14-6-4-7-15(12-14)17(20)21-2/h4,6-7,12,16,18H,3,5,8-11,13H2,1-2H3. The van der Waals surface area contributed by atoms with Crippen molar-refractivity contribution >= 4 is 5.97 Å². The van der Waals surface area contributed by atoms with Crippen LogP contribution in [0.25, 0.3) is 0 Å². The summed E-state index contributed by atoms with van der Waals surface area (Å²) in [6.07, 6.45) is 3.69. The van der Waals surface area contributed by atoms with Gasteiger partial charge in [-0.25, -0.2) is 4.79 Å². The third-order valence-electron chi connectivity index (χ3n) is 4.20. The monoisotopic (exact) mass is 290 g/mol. The van der Waals surface area contributed by atoms with Crippen LogP contribution in [0.4, 0.5) is 0 Å². The lowest BCUT2D eigenvalue weighted by molar-refractivity contribution is 0.0600. The molecule has 116 valence electrons. The van der Waals surface area contributed by atoms with Crippen molar-refractivity contribution in [3.63, 3.8) is 0 Å². The number of carbonyl (C=O) groups is 1. The average molecular weight is 290 g/mol. The highest BCUT2D eigenvalue weighted by Gasteiger charge is 2.19. The van der Waals surface area contributed by atoms with Gasteiger partial charge in [-0.15, -0.1) is 0 Å². The second-order valence-electron chi connectivity index (χ2n) is 5.59. The predicted molar refractivity (Wildman–Crippen MR) is 84.4 cm³/mol. The van der Waals surface area contributed by atoms with Crippen LogP contribution in [0.5, 0.6) is 0 Å². The Bertz CT molecular complexity index is 454. The van der Waals surface area contributed by atoms with E-state index in [1.54, 1.807) is 6.07 Å². The lowest BCUT2D eigenvalue weighted by Crippen LogP contribution is -2.35. The second-order valence-corrected chi connectivity index (χ2v) is 5.59. The van der Waals surface area contributed by atoms with Gasteiger partial charge in [0, 0.05) is 12.6 Å². The number of methoxy groups -OCH3 is 1. The molecular weight excluding hydrogens is 264 g/mol. The highest BCUT2D eigenvalue weighted by Crippen LogP contribution is 2.17. The molecule has 1 saturated heterocycles. The molecule has 0 bridgehead atoms. The SMILES string of the molecule is CCN(Cc1cccc(C(=O)OC)c1)C1CCCNCC1. The Morgan fingerprint density at radius 3 is 3.00 bits per heavy atom. The smallest absolute Gasteiger partial charge is 0.337 e. The van der Waals surface area contributed by atoms with Crippen molar-refractivity contribution in [2.75, 3.05) is 26.7 Å². The fourth-order valence-corrected chi connectivity index (χ4v) is 3.01. The molecule has 1 aromatic carbocycles. The Balaban J connectivity index is 2.05. The molecule has 2 rings (SSSR count). The van der Waals surface area contributed by atoms with Crippen LogP contribution in [-0.4, -0.2) is 43.7 Å². The molecule has 4 heteroatoms. The molecular formula is C17H26N2O2. The van der Waals surface area contributed by atoms with Crippen LogP contribution in [0.2, 0.25) is 0 Å². The van der Waals surface area contributed by atoms with Crippen LogP contribution in [0.3, 0.4) is 0 Å². The maximum atomic E-state index is 11.6. The van der Waals surface area contributed by atoms with Crippen LogP contribution >= 0.6 is 0 Å². The summed E-state index contributed by atoms with van der Waals surface area (Å²) in [5.41, 5.74) is 1.81. The Labute approximate surface area is 127 Å². The molecule has 1 aliphatic heterocycles. The van der Waals surface area contributed by atoms with Gasteiger partial charge in [-0.05, 0) is 56.6 Å². The number of rotatable bonds is 5. The van der Waals surface area contributed by atoms with E-state index >= 15 is 0 Å². The average Bonchev–Trinajstić information content (AvgIpc) is 2.81.